The average Bonchev–Trinajstić information content (AvgIpc) is 2.13. The maximum absolute atomic E-state index is 10.0. The van der Waals surface area contributed by atoms with Crippen molar-refractivity contribution in [2.45, 2.75) is 0 Å². The van der Waals surface area contributed by atoms with Crippen LogP contribution in [0.3, 0.4) is 0 Å². The molecule has 0 aliphatic carbocycles. The van der Waals surface area contributed by atoms with Crippen LogP contribution in [0.2, 0.25) is 0 Å². The molecule has 0 fully saturated rings. The smallest absolute Gasteiger partial charge is 0.234 e. The molecule has 0 saturated carbocycles. The summed E-state index contributed by atoms with van der Waals surface area (Å²) in [6.45, 7) is 0. The number of aromatic nitrogens is 2. The number of rotatable bonds is 1. The standard InChI is InChI=1S/C3H2IN3O2/c4-3-5-1-2-6(3)7(8)9/h1-2H. The summed E-state index contributed by atoms with van der Waals surface area (Å²) in [6, 6.07) is 0. The minimum absolute atomic E-state index is 0.359. The number of hydrogen-bond donors (Lipinski definition) is 0. The van der Waals surface area contributed by atoms with Crippen molar-refractivity contribution in [1.82, 2.24) is 9.66 Å². The van der Waals surface area contributed by atoms with Crippen LogP contribution in [0.5, 0.6) is 0 Å². The van der Waals surface area contributed by atoms with E-state index in [1.165, 1.54) is 12.4 Å². The summed E-state index contributed by atoms with van der Waals surface area (Å²) in [5, 5.41) is 9.47. The van der Waals surface area contributed by atoms with Crippen molar-refractivity contribution in [2.75, 3.05) is 0 Å². The Morgan fingerprint density at radius 3 is 2.78 bits per heavy atom. The van der Waals surface area contributed by atoms with Crippen LogP contribution in [-0.2, 0) is 0 Å². The Hall–Kier alpha value is -0.660. The van der Waals surface area contributed by atoms with Crippen molar-refractivity contribution in [3.63, 3.8) is 0 Å². The highest BCUT2D eigenvalue weighted by molar-refractivity contribution is 14.1. The van der Waals surface area contributed by atoms with Crippen LogP contribution in [-0.4, -0.2) is 14.7 Å². The first-order valence-electron chi connectivity index (χ1n) is 2.05. The fourth-order valence-electron chi connectivity index (χ4n) is 0.400. The Labute approximate surface area is 64.0 Å². The normalized spacial score (nSPS) is 9.44. The third-order valence-electron chi connectivity index (χ3n) is 0.754. The van der Waals surface area contributed by atoms with Crippen LogP contribution < -0.4 is 0 Å². The van der Waals surface area contributed by atoms with Crippen molar-refractivity contribution >= 4 is 22.6 Å². The van der Waals surface area contributed by atoms with Gasteiger partial charge in [0.25, 0.3) is 0 Å². The molecule has 0 N–H and O–H groups in total. The van der Waals surface area contributed by atoms with Gasteiger partial charge in [-0.2, -0.15) is 0 Å². The molecule has 0 spiro atoms. The molecular weight excluding hydrogens is 237 g/mol. The van der Waals surface area contributed by atoms with Gasteiger partial charge in [0.05, 0.1) is 12.4 Å². The third-order valence-corrected chi connectivity index (χ3v) is 1.53. The highest BCUT2D eigenvalue weighted by atomic mass is 127. The number of imidazole rings is 1. The minimum atomic E-state index is -0.533. The maximum Gasteiger partial charge on any atom is 0.236 e. The van der Waals surface area contributed by atoms with E-state index in [-0.39, 0.29) is 0 Å². The summed E-state index contributed by atoms with van der Waals surface area (Å²) in [5.74, 6) is 0. The van der Waals surface area contributed by atoms with Crippen molar-refractivity contribution in [3.05, 3.63) is 26.3 Å². The summed E-state index contributed by atoms with van der Waals surface area (Å²) in [7, 11) is 0. The monoisotopic (exact) mass is 239 g/mol. The lowest BCUT2D eigenvalue weighted by Crippen LogP contribution is -2.08. The molecule has 1 heterocycles. The lowest BCUT2D eigenvalue weighted by Gasteiger charge is -1.86. The summed E-state index contributed by atoms with van der Waals surface area (Å²) in [6.07, 6.45) is 2.67. The van der Waals surface area contributed by atoms with E-state index in [1.807, 2.05) is 0 Å². The van der Waals surface area contributed by atoms with Crippen LogP contribution in [0.15, 0.2) is 12.4 Å². The maximum atomic E-state index is 10.0. The fraction of sp³-hybridized carbons (Fsp3) is 0. The van der Waals surface area contributed by atoms with Gasteiger partial charge in [-0.25, -0.2) is 15.1 Å². The van der Waals surface area contributed by atoms with E-state index in [1.54, 1.807) is 22.6 Å². The molecule has 0 saturated heterocycles. The van der Waals surface area contributed by atoms with Crippen LogP contribution in [0.25, 0.3) is 0 Å². The number of hydrogen-bond acceptors (Lipinski definition) is 3. The zero-order chi connectivity index (χ0) is 6.85. The largest absolute Gasteiger partial charge is 0.236 e. The summed E-state index contributed by atoms with van der Waals surface area (Å²) in [5.41, 5.74) is 0. The van der Waals surface area contributed by atoms with Crippen LogP contribution in [0, 0.1) is 13.9 Å². The molecule has 9 heavy (non-hydrogen) atoms. The van der Waals surface area contributed by atoms with Crippen molar-refractivity contribution in [2.24, 2.45) is 0 Å². The van der Waals surface area contributed by atoms with Crippen molar-refractivity contribution < 1.29 is 5.03 Å². The molecule has 0 radical (unpaired) electrons. The molecule has 1 aromatic rings. The van der Waals surface area contributed by atoms with Gasteiger partial charge in [-0.15, -0.1) is 0 Å². The zero-order valence-electron chi connectivity index (χ0n) is 4.19. The van der Waals surface area contributed by atoms with Gasteiger partial charge >= 0.3 is 0 Å². The molecule has 0 bridgehead atoms. The van der Waals surface area contributed by atoms with Gasteiger partial charge in [0.1, 0.15) is 0 Å². The van der Waals surface area contributed by atoms with Crippen molar-refractivity contribution in [1.29, 1.82) is 0 Å². The molecular formula is C3H2IN3O2. The first-order chi connectivity index (χ1) is 4.22. The predicted molar refractivity (Wildman–Crippen MR) is 37.3 cm³/mol. The molecule has 0 aliphatic rings. The molecule has 5 nitrogen and oxygen atoms in total. The SMILES string of the molecule is O=[N+]([O-])n1ccnc1I. The molecule has 6 heteroatoms. The second kappa shape index (κ2) is 2.29. The zero-order valence-corrected chi connectivity index (χ0v) is 6.35. The molecule has 0 aliphatic heterocycles. The van der Waals surface area contributed by atoms with E-state index in [4.69, 9.17) is 0 Å². The van der Waals surface area contributed by atoms with Crippen molar-refractivity contribution in [3.8, 4) is 0 Å². The van der Waals surface area contributed by atoms with Crippen LogP contribution in [0.1, 0.15) is 0 Å². The predicted octanol–water partition coefficient (Wildman–Crippen LogP) is 0.527. The topological polar surface area (TPSA) is 61.0 Å². The van der Waals surface area contributed by atoms with Gasteiger partial charge in [0.2, 0.25) is 3.83 Å². The molecule has 48 valence electrons. The molecule has 0 unspecified atom stereocenters. The van der Waals surface area contributed by atoms with E-state index in [9.17, 15) is 10.1 Å². The number of nitrogens with zero attached hydrogens (tertiary/aromatic N) is 3. The molecule has 0 aromatic carbocycles. The minimum Gasteiger partial charge on any atom is -0.234 e. The molecule has 0 amide bonds. The number of nitro groups is 1. The summed E-state index contributed by atoms with van der Waals surface area (Å²) in [4.78, 5) is 13.7. The Morgan fingerprint density at radius 1 is 1.89 bits per heavy atom. The van der Waals surface area contributed by atoms with E-state index in [0.717, 1.165) is 4.68 Å². The van der Waals surface area contributed by atoms with Gasteiger partial charge < -0.3 is 0 Å². The van der Waals surface area contributed by atoms with Gasteiger partial charge in [0.15, 0.2) is 5.03 Å². The summed E-state index contributed by atoms with van der Waals surface area (Å²) < 4.78 is 1.21. The number of halogens is 1. The van der Waals surface area contributed by atoms with Gasteiger partial charge in [-0.05, 0) is 4.68 Å². The van der Waals surface area contributed by atoms with Gasteiger partial charge in [-0.1, -0.05) is 0 Å². The average molecular weight is 239 g/mol. The third kappa shape index (κ3) is 1.18. The quantitative estimate of drug-likeness (QED) is 0.408. The van der Waals surface area contributed by atoms with Gasteiger partial charge in [0, 0.05) is 22.6 Å². The highest BCUT2D eigenvalue weighted by Gasteiger charge is 2.05. The lowest BCUT2D eigenvalue weighted by molar-refractivity contribution is -0.544. The van der Waals surface area contributed by atoms with Crippen LogP contribution in [0.4, 0.5) is 0 Å². The van der Waals surface area contributed by atoms with E-state index in [0.29, 0.717) is 3.83 Å². The highest BCUT2D eigenvalue weighted by Crippen LogP contribution is 1.98. The molecule has 1 aromatic heterocycles. The Balaban J connectivity index is 3.08. The van der Waals surface area contributed by atoms with Gasteiger partial charge in [-0.3, -0.25) is 0 Å². The molecule has 1 rings (SSSR count). The van der Waals surface area contributed by atoms with Crippen LogP contribution >= 0.6 is 22.6 Å². The second-order valence-electron chi connectivity index (χ2n) is 1.28. The summed E-state index contributed by atoms with van der Waals surface area (Å²) >= 11 is 1.78. The molecule has 0 atom stereocenters. The Bertz CT molecular complexity index is 233. The Morgan fingerprint density at radius 2 is 2.56 bits per heavy atom. The fourth-order valence-corrected chi connectivity index (χ4v) is 0.898. The van der Waals surface area contributed by atoms with E-state index in [2.05, 4.69) is 4.98 Å². The Kier molecular flexibility index (Phi) is 1.65. The first kappa shape index (κ1) is 6.46. The lowest BCUT2D eigenvalue weighted by atomic mass is 11.0. The second-order valence-corrected chi connectivity index (χ2v) is 2.24. The van der Waals surface area contributed by atoms with E-state index >= 15 is 0 Å². The van der Waals surface area contributed by atoms with E-state index < -0.39 is 5.03 Å². The first-order valence-corrected chi connectivity index (χ1v) is 3.13.